The normalized spacial score (nSPS) is 17.1. The van der Waals surface area contributed by atoms with Crippen LogP contribution in [0.4, 0.5) is 0 Å². The average Bonchev–Trinajstić information content (AvgIpc) is 2.89. The molecule has 102 valence electrons. The van der Waals surface area contributed by atoms with Crippen molar-refractivity contribution >= 4 is 11.9 Å². The Morgan fingerprint density at radius 3 is 2.42 bits per heavy atom. The summed E-state index contributed by atoms with van der Waals surface area (Å²) in [6.07, 6.45) is 3.90. The molecule has 4 heteroatoms. The van der Waals surface area contributed by atoms with Crippen molar-refractivity contribution in [1.29, 1.82) is 0 Å². The van der Waals surface area contributed by atoms with E-state index in [-0.39, 0.29) is 5.97 Å². The molecule has 1 amide bonds. The van der Waals surface area contributed by atoms with E-state index in [0.29, 0.717) is 17.9 Å². The summed E-state index contributed by atoms with van der Waals surface area (Å²) < 4.78 is 5.25. The van der Waals surface area contributed by atoms with Gasteiger partial charge in [-0.05, 0) is 18.8 Å². The highest BCUT2D eigenvalue weighted by Gasteiger charge is 2.25. The summed E-state index contributed by atoms with van der Waals surface area (Å²) in [5.41, 5.74) is 5.93. The topological polar surface area (TPSA) is 69.4 Å². The summed E-state index contributed by atoms with van der Waals surface area (Å²) in [7, 11) is 0. The van der Waals surface area contributed by atoms with E-state index in [1.165, 1.54) is 12.8 Å². The molecule has 0 bridgehead atoms. The molecule has 0 saturated heterocycles. The fourth-order valence-corrected chi connectivity index (χ4v) is 2.55. The number of hydrogen-bond donors (Lipinski definition) is 1. The van der Waals surface area contributed by atoms with Crippen molar-refractivity contribution in [3.63, 3.8) is 0 Å². The van der Waals surface area contributed by atoms with Crippen LogP contribution in [0.3, 0.4) is 0 Å². The zero-order valence-corrected chi connectivity index (χ0v) is 10.9. The van der Waals surface area contributed by atoms with Crippen molar-refractivity contribution < 1.29 is 14.3 Å². The predicted octanol–water partition coefficient (Wildman–Crippen LogP) is 2.34. The zero-order valence-electron chi connectivity index (χ0n) is 10.9. The van der Waals surface area contributed by atoms with Crippen LogP contribution >= 0.6 is 0 Å². The van der Waals surface area contributed by atoms with Gasteiger partial charge >= 0.3 is 5.97 Å². The molecule has 4 nitrogen and oxygen atoms in total. The highest BCUT2D eigenvalue weighted by atomic mass is 16.5. The first-order valence-corrected chi connectivity index (χ1v) is 6.70. The lowest BCUT2D eigenvalue weighted by atomic mass is 10.0. The first-order chi connectivity index (χ1) is 9.16. The zero-order chi connectivity index (χ0) is 13.7. The second kappa shape index (κ2) is 6.36. The quantitative estimate of drug-likeness (QED) is 0.827. The van der Waals surface area contributed by atoms with Gasteiger partial charge < -0.3 is 10.5 Å². The standard InChI is InChI=1S/C15H19NO3/c16-15(18)14(12-8-2-1-3-9-12)19-13(17)10-11-6-4-5-7-11/h1-3,8-9,11,14H,4-7,10H2,(H2,16,18)/t14-/m1/s1. The molecule has 0 aromatic heterocycles. The summed E-state index contributed by atoms with van der Waals surface area (Å²) in [4.78, 5) is 23.3. The predicted molar refractivity (Wildman–Crippen MR) is 71.0 cm³/mol. The molecule has 1 saturated carbocycles. The number of benzene rings is 1. The third-order valence-electron chi connectivity index (χ3n) is 3.54. The number of amides is 1. The van der Waals surface area contributed by atoms with E-state index >= 15 is 0 Å². The van der Waals surface area contributed by atoms with Crippen LogP contribution in [-0.4, -0.2) is 11.9 Å². The third kappa shape index (κ3) is 3.81. The van der Waals surface area contributed by atoms with Gasteiger partial charge in [-0.3, -0.25) is 9.59 Å². The van der Waals surface area contributed by atoms with Gasteiger partial charge in [-0.25, -0.2) is 0 Å². The Kier molecular flexibility index (Phi) is 4.55. The Labute approximate surface area is 112 Å². The number of nitrogens with two attached hydrogens (primary N) is 1. The van der Waals surface area contributed by atoms with Gasteiger partial charge in [-0.2, -0.15) is 0 Å². The summed E-state index contributed by atoms with van der Waals surface area (Å²) in [5, 5.41) is 0. The Balaban J connectivity index is 1.97. The van der Waals surface area contributed by atoms with E-state index in [2.05, 4.69) is 0 Å². The molecular formula is C15H19NO3. The number of carbonyl (C=O) groups is 2. The van der Waals surface area contributed by atoms with Crippen molar-refractivity contribution in [2.45, 2.75) is 38.2 Å². The number of rotatable bonds is 5. The van der Waals surface area contributed by atoms with E-state index in [9.17, 15) is 9.59 Å². The molecule has 1 fully saturated rings. The van der Waals surface area contributed by atoms with Crippen LogP contribution in [0.15, 0.2) is 30.3 Å². The van der Waals surface area contributed by atoms with Gasteiger partial charge in [0.1, 0.15) is 0 Å². The number of esters is 1. The summed E-state index contributed by atoms with van der Waals surface area (Å²) in [6, 6.07) is 8.88. The molecule has 0 heterocycles. The minimum atomic E-state index is -0.977. The summed E-state index contributed by atoms with van der Waals surface area (Å²) >= 11 is 0. The maximum atomic E-state index is 11.9. The van der Waals surface area contributed by atoms with Crippen LogP contribution in [0, 0.1) is 5.92 Å². The first kappa shape index (κ1) is 13.6. The van der Waals surface area contributed by atoms with Gasteiger partial charge in [0.2, 0.25) is 6.10 Å². The van der Waals surface area contributed by atoms with Gasteiger partial charge in [-0.15, -0.1) is 0 Å². The number of carbonyl (C=O) groups excluding carboxylic acids is 2. The Bertz CT molecular complexity index is 438. The Morgan fingerprint density at radius 1 is 1.21 bits per heavy atom. The molecule has 2 N–H and O–H groups in total. The van der Waals surface area contributed by atoms with Crippen LogP contribution in [0.25, 0.3) is 0 Å². The van der Waals surface area contributed by atoms with Gasteiger partial charge in [0.25, 0.3) is 5.91 Å². The average molecular weight is 261 g/mol. The first-order valence-electron chi connectivity index (χ1n) is 6.70. The van der Waals surface area contributed by atoms with Crippen LogP contribution in [0.5, 0.6) is 0 Å². The largest absolute Gasteiger partial charge is 0.447 e. The van der Waals surface area contributed by atoms with Gasteiger partial charge in [-0.1, -0.05) is 43.2 Å². The van der Waals surface area contributed by atoms with Crippen molar-refractivity contribution in [3.05, 3.63) is 35.9 Å². The fourth-order valence-electron chi connectivity index (χ4n) is 2.55. The molecular weight excluding hydrogens is 242 g/mol. The molecule has 0 unspecified atom stereocenters. The van der Waals surface area contributed by atoms with Gasteiger partial charge in [0.05, 0.1) is 0 Å². The number of primary amides is 1. The molecule has 0 aliphatic heterocycles. The third-order valence-corrected chi connectivity index (χ3v) is 3.54. The van der Waals surface area contributed by atoms with E-state index < -0.39 is 12.0 Å². The summed E-state index contributed by atoms with van der Waals surface area (Å²) in [5.74, 6) is -0.567. The lowest BCUT2D eigenvalue weighted by Crippen LogP contribution is -2.26. The van der Waals surface area contributed by atoms with Crippen LogP contribution in [0.1, 0.15) is 43.8 Å². The van der Waals surface area contributed by atoms with E-state index in [4.69, 9.17) is 10.5 Å². The van der Waals surface area contributed by atoms with Crippen molar-refractivity contribution in [1.82, 2.24) is 0 Å². The molecule has 0 spiro atoms. The van der Waals surface area contributed by atoms with Gasteiger partial charge in [0.15, 0.2) is 0 Å². The second-order valence-corrected chi connectivity index (χ2v) is 5.04. The molecule has 1 atom stereocenters. The highest BCUT2D eigenvalue weighted by molar-refractivity contribution is 5.83. The monoisotopic (exact) mass is 261 g/mol. The van der Waals surface area contributed by atoms with Gasteiger partial charge in [0, 0.05) is 12.0 Å². The van der Waals surface area contributed by atoms with Crippen LogP contribution in [-0.2, 0) is 14.3 Å². The lowest BCUT2D eigenvalue weighted by molar-refractivity contribution is -0.156. The highest BCUT2D eigenvalue weighted by Crippen LogP contribution is 2.28. The van der Waals surface area contributed by atoms with E-state index in [1.807, 2.05) is 6.07 Å². The van der Waals surface area contributed by atoms with Crippen LogP contribution < -0.4 is 5.73 Å². The number of hydrogen-bond acceptors (Lipinski definition) is 3. The fraction of sp³-hybridized carbons (Fsp3) is 0.467. The number of ether oxygens (including phenoxy) is 1. The molecule has 1 aliphatic carbocycles. The van der Waals surface area contributed by atoms with Crippen molar-refractivity contribution in [2.75, 3.05) is 0 Å². The maximum Gasteiger partial charge on any atom is 0.307 e. The van der Waals surface area contributed by atoms with Crippen molar-refractivity contribution in [3.8, 4) is 0 Å². The molecule has 1 aromatic carbocycles. The maximum absolute atomic E-state index is 11.9. The molecule has 1 aliphatic rings. The molecule has 19 heavy (non-hydrogen) atoms. The lowest BCUT2D eigenvalue weighted by Gasteiger charge is -2.16. The second-order valence-electron chi connectivity index (χ2n) is 5.04. The minimum absolute atomic E-state index is 0.334. The summed E-state index contributed by atoms with van der Waals surface area (Å²) in [6.45, 7) is 0. The van der Waals surface area contributed by atoms with Crippen molar-refractivity contribution in [2.24, 2.45) is 11.7 Å². The van der Waals surface area contributed by atoms with E-state index in [1.54, 1.807) is 24.3 Å². The Hall–Kier alpha value is -1.84. The van der Waals surface area contributed by atoms with Crippen LogP contribution in [0.2, 0.25) is 0 Å². The SMILES string of the molecule is NC(=O)[C@H](OC(=O)CC1CCCC1)c1ccccc1. The molecule has 0 radical (unpaired) electrons. The molecule has 2 rings (SSSR count). The Morgan fingerprint density at radius 2 is 1.84 bits per heavy atom. The van der Waals surface area contributed by atoms with E-state index in [0.717, 1.165) is 12.8 Å². The smallest absolute Gasteiger partial charge is 0.307 e. The molecule has 1 aromatic rings. The minimum Gasteiger partial charge on any atom is -0.447 e.